The summed E-state index contributed by atoms with van der Waals surface area (Å²) in [6.07, 6.45) is 2.86. The molecule has 0 aromatic carbocycles. The highest BCUT2D eigenvalue weighted by molar-refractivity contribution is 5.91. The quantitative estimate of drug-likeness (QED) is 0.864. The molecule has 0 aliphatic carbocycles. The van der Waals surface area contributed by atoms with Crippen molar-refractivity contribution in [1.29, 1.82) is 0 Å². The van der Waals surface area contributed by atoms with Crippen molar-refractivity contribution >= 4 is 11.6 Å². The molecule has 0 saturated carbocycles. The molecular formula is C12H16N6O2. The molecule has 1 amide bonds. The van der Waals surface area contributed by atoms with Crippen LogP contribution in [0.5, 0.6) is 6.01 Å². The minimum absolute atomic E-state index is 0.0894. The maximum absolute atomic E-state index is 11.9. The molecule has 2 heterocycles. The van der Waals surface area contributed by atoms with E-state index in [1.807, 2.05) is 6.92 Å². The number of aryl methyl sites for hydroxylation is 2. The van der Waals surface area contributed by atoms with Crippen LogP contribution in [0.1, 0.15) is 18.3 Å². The number of carbonyl (C=O) groups excluding carboxylic acids is 1. The lowest BCUT2D eigenvalue weighted by atomic mass is 10.3. The second kappa shape index (κ2) is 6.09. The van der Waals surface area contributed by atoms with E-state index in [2.05, 4.69) is 25.4 Å². The third-order valence-electron chi connectivity index (χ3n) is 2.56. The molecule has 0 spiro atoms. The van der Waals surface area contributed by atoms with Gasteiger partial charge in [0.25, 0.3) is 0 Å². The van der Waals surface area contributed by atoms with Crippen LogP contribution in [0.3, 0.4) is 0 Å². The van der Waals surface area contributed by atoms with Gasteiger partial charge in [-0.3, -0.25) is 4.79 Å². The highest BCUT2D eigenvalue weighted by Gasteiger charge is 2.12. The predicted octanol–water partition coefficient (Wildman–Crippen LogP) is 0.722. The number of ether oxygens (including phenoxy) is 1. The highest BCUT2D eigenvalue weighted by Crippen LogP contribution is 2.19. The van der Waals surface area contributed by atoms with Crippen molar-refractivity contribution in [3.63, 3.8) is 0 Å². The second-order valence-electron chi connectivity index (χ2n) is 4.13. The molecule has 8 heteroatoms. The normalized spacial score (nSPS) is 10.3. The summed E-state index contributed by atoms with van der Waals surface area (Å²) >= 11 is 0. The van der Waals surface area contributed by atoms with Crippen LogP contribution < -0.4 is 10.1 Å². The number of aromatic nitrogens is 5. The van der Waals surface area contributed by atoms with E-state index in [-0.39, 0.29) is 12.5 Å². The molecule has 20 heavy (non-hydrogen) atoms. The Morgan fingerprint density at radius 3 is 2.60 bits per heavy atom. The number of amides is 1. The van der Waals surface area contributed by atoms with E-state index >= 15 is 0 Å². The number of rotatable bonds is 5. The van der Waals surface area contributed by atoms with Crippen LogP contribution >= 0.6 is 0 Å². The Hall–Kier alpha value is -2.51. The monoisotopic (exact) mass is 276 g/mol. The molecule has 0 saturated heterocycles. The topological polar surface area (TPSA) is 94.8 Å². The Kier molecular flexibility index (Phi) is 4.24. The molecule has 0 radical (unpaired) electrons. The van der Waals surface area contributed by atoms with Crippen LogP contribution in [0.4, 0.5) is 5.69 Å². The first kappa shape index (κ1) is 13.9. The van der Waals surface area contributed by atoms with Gasteiger partial charge in [0.1, 0.15) is 19.2 Å². The van der Waals surface area contributed by atoms with E-state index in [1.165, 1.54) is 17.3 Å². The zero-order valence-corrected chi connectivity index (χ0v) is 11.6. The van der Waals surface area contributed by atoms with Crippen LogP contribution in [-0.2, 0) is 11.3 Å². The van der Waals surface area contributed by atoms with E-state index in [0.29, 0.717) is 29.7 Å². The summed E-state index contributed by atoms with van der Waals surface area (Å²) in [4.78, 5) is 24.1. The fourth-order valence-electron chi connectivity index (χ4n) is 1.70. The van der Waals surface area contributed by atoms with E-state index in [1.54, 1.807) is 13.8 Å². The number of hydrogen-bond donors (Lipinski definition) is 1. The fraction of sp³-hybridized carbons (Fsp3) is 0.417. The lowest BCUT2D eigenvalue weighted by molar-refractivity contribution is -0.116. The average Bonchev–Trinajstić information content (AvgIpc) is 2.87. The predicted molar refractivity (Wildman–Crippen MR) is 71.3 cm³/mol. The van der Waals surface area contributed by atoms with Crippen molar-refractivity contribution in [3.8, 4) is 6.01 Å². The third-order valence-corrected chi connectivity index (χ3v) is 2.56. The number of nitrogens with one attached hydrogen (secondary N) is 1. The van der Waals surface area contributed by atoms with Crippen LogP contribution in [0.2, 0.25) is 0 Å². The van der Waals surface area contributed by atoms with Gasteiger partial charge >= 0.3 is 6.01 Å². The molecular weight excluding hydrogens is 260 g/mol. The maximum atomic E-state index is 11.9. The van der Waals surface area contributed by atoms with E-state index in [4.69, 9.17) is 4.74 Å². The van der Waals surface area contributed by atoms with Crippen LogP contribution in [-0.4, -0.2) is 37.2 Å². The first-order chi connectivity index (χ1) is 9.60. The Balaban J connectivity index is 2.10. The summed E-state index contributed by atoms with van der Waals surface area (Å²) in [6, 6.07) is 0.316. The fourth-order valence-corrected chi connectivity index (χ4v) is 1.70. The minimum atomic E-state index is -0.213. The van der Waals surface area contributed by atoms with Crippen molar-refractivity contribution in [1.82, 2.24) is 24.7 Å². The van der Waals surface area contributed by atoms with Crippen LogP contribution in [0.25, 0.3) is 0 Å². The summed E-state index contributed by atoms with van der Waals surface area (Å²) in [7, 11) is 0. The van der Waals surface area contributed by atoms with Crippen molar-refractivity contribution in [2.75, 3.05) is 11.9 Å². The number of hydrogen-bond acceptors (Lipinski definition) is 6. The molecule has 8 nitrogen and oxygen atoms in total. The van der Waals surface area contributed by atoms with Gasteiger partial charge in [0.2, 0.25) is 5.91 Å². The molecule has 0 fully saturated rings. The van der Waals surface area contributed by atoms with Crippen molar-refractivity contribution in [2.24, 2.45) is 0 Å². The van der Waals surface area contributed by atoms with E-state index < -0.39 is 0 Å². The molecule has 0 unspecified atom stereocenters. The Bertz CT molecular complexity index is 573. The van der Waals surface area contributed by atoms with Gasteiger partial charge in [-0.2, -0.15) is 15.1 Å². The molecule has 0 atom stereocenters. The minimum Gasteiger partial charge on any atom is -0.464 e. The van der Waals surface area contributed by atoms with Crippen LogP contribution in [0, 0.1) is 13.8 Å². The van der Waals surface area contributed by atoms with Gasteiger partial charge in [0.05, 0.1) is 23.7 Å². The first-order valence-corrected chi connectivity index (χ1v) is 6.20. The van der Waals surface area contributed by atoms with Gasteiger partial charge < -0.3 is 10.1 Å². The smallest absolute Gasteiger partial charge is 0.316 e. The van der Waals surface area contributed by atoms with Crippen molar-refractivity contribution < 1.29 is 9.53 Å². The Labute approximate surface area is 116 Å². The van der Waals surface area contributed by atoms with Gasteiger partial charge in [0.15, 0.2) is 0 Å². The zero-order chi connectivity index (χ0) is 14.5. The summed E-state index contributed by atoms with van der Waals surface area (Å²) in [5.41, 5.74) is 1.92. The lowest BCUT2D eigenvalue weighted by Gasteiger charge is -2.12. The largest absolute Gasteiger partial charge is 0.464 e. The standard InChI is InChI=1S/C12H16N6O2/c1-4-20-12-15-8(2)11(9(3)16-12)17-10(19)5-18-7-13-6-14-18/h6-7H,4-5H2,1-3H3,(H,17,19). The second-order valence-corrected chi connectivity index (χ2v) is 4.13. The summed E-state index contributed by atoms with van der Waals surface area (Å²) in [5, 5.41) is 6.65. The number of carbonyl (C=O) groups is 1. The van der Waals surface area contributed by atoms with Gasteiger partial charge in [-0.1, -0.05) is 0 Å². The molecule has 0 aliphatic rings. The molecule has 2 aromatic heterocycles. The Morgan fingerprint density at radius 1 is 1.35 bits per heavy atom. The molecule has 2 aromatic rings. The van der Waals surface area contributed by atoms with Crippen molar-refractivity contribution in [2.45, 2.75) is 27.3 Å². The van der Waals surface area contributed by atoms with Gasteiger partial charge in [-0.15, -0.1) is 0 Å². The molecule has 106 valence electrons. The number of nitrogens with zero attached hydrogens (tertiary/aromatic N) is 5. The van der Waals surface area contributed by atoms with E-state index in [9.17, 15) is 4.79 Å². The maximum Gasteiger partial charge on any atom is 0.316 e. The summed E-state index contributed by atoms with van der Waals surface area (Å²) in [5.74, 6) is -0.213. The van der Waals surface area contributed by atoms with Gasteiger partial charge in [0, 0.05) is 0 Å². The molecule has 1 N–H and O–H groups in total. The molecule has 0 bridgehead atoms. The zero-order valence-electron chi connectivity index (χ0n) is 11.6. The SMILES string of the molecule is CCOc1nc(C)c(NC(=O)Cn2cncn2)c(C)n1. The molecule has 2 rings (SSSR count). The average molecular weight is 276 g/mol. The van der Waals surface area contributed by atoms with Crippen molar-refractivity contribution in [3.05, 3.63) is 24.0 Å². The van der Waals surface area contributed by atoms with Crippen LogP contribution in [0.15, 0.2) is 12.7 Å². The Morgan fingerprint density at radius 2 is 2.05 bits per heavy atom. The van der Waals surface area contributed by atoms with Gasteiger partial charge in [-0.05, 0) is 20.8 Å². The lowest BCUT2D eigenvalue weighted by Crippen LogP contribution is -2.21. The molecule has 0 aliphatic heterocycles. The van der Waals surface area contributed by atoms with Gasteiger partial charge in [-0.25, -0.2) is 9.67 Å². The third kappa shape index (κ3) is 3.28. The van der Waals surface area contributed by atoms with E-state index in [0.717, 1.165) is 0 Å². The summed E-state index contributed by atoms with van der Waals surface area (Å²) < 4.78 is 6.70. The summed E-state index contributed by atoms with van der Waals surface area (Å²) in [6.45, 7) is 6.04. The highest BCUT2D eigenvalue weighted by atomic mass is 16.5. The number of anilines is 1. The first-order valence-electron chi connectivity index (χ1n) is 6.20.